The molecule has 2 heterocycles. The van der Waals surface area contributed by atoms with Gasteiger partial charge in [-0.15, -0.1) is 0 Å². The summed E-state index contributed by atoms with van der Waals surface area (Å²) in [5, 5.41) is 86.3. The second kappa shape index (κ2) is 37.0. The van der Waals surface area contributed by atoms with Crippen LogP contribution in [0.25, 0.3) is 0 Å². The number of allylic oxidation sites excluding steroid dienone is 15. The molecule has 0 aromatic rings. The monoisotopic (exact) mass is 918 g/mol. The van der Waals surface area contributed by atoms with E-state index in [-0.39, 0.29) is 18.9 Å². The number of hydrogen-bond acceptors (Lipinski definition) is 13. The van der Waals surface area contributed by atoms with E-state index in [4.69, 9.17) is 18.9 Å². The van der Waals surface area contributed by atoms with Gasteiger partial charge in [0.15, 0.2) is 12.6 Å². The molecule has 14 nitrogen and oxygen atoms in total. The van der Waals surface area contributed by atoms with Gasteiger partial charge in [0.1, 0.15) is 48.8 Å². The molecule has 0 aromatic carbocycles. The van der Waals surface area contributed by atoms with Crippen LogP contribution in [0.15, 0.2) is 97.2 Å². The van der Waals surface area contributed by atoms with E-state index < -0.39 is 86.8 Å². The number of unbranched alkanes of at least 4 members (excludes halogenated alkanes) is 7. The lowest BCUT2D eigenvalue weighted by molar-refractivity contribution is -0.359. The fraction of sp³-hybridized carbons (Fsp3) is 0.667. The van der Waals surface area contributed by atoms with Gasteiger partial charge in [-0.2, -0.15) is 0 Å². The van der Waals surface area contributed by atoms with Crippen molar-refractivity contribution in [2.75, 3.05) is 19.8 Å². The number of nitrogens with one attached hydrogen (secondary N) is 1. The highest BCUT2D eigenvalue weighted by molar-refractivity contribution is 5.76. The van der Waals surface area contributed by atoms with Crippen molar-refractivity contribution in [3.8, 4) is 0 Å². The zero-order chi connectivity index (χ0) is 47.5. The Labute approximate surface area is 388 Å². The summed E-state index contributed by atoms with van der Waals surface area (Å²) >= 11 is 0. The van der Waals surface area contributed by atoms with Crippen molar-refractivity contribution in [2.24, 2.45) is 0 Å². The van der Waals surface area contributed by atoms with Crippen LogP contribution in [0.2, 0.25) is 0 Å². The van der Waals surface area contributed by atoms with Crippen LogP contribution in [0, 0.1) is 0 Å². The third-order valence-electron chi connectivity index (χ3n) is 11.0. The molecule has 0 bridgehead atoms. The van der Waals surface area contributed by atoms with Crippen LogP contribution in [0.4, 0.5) is 0 Å². The molecule has 12 atom stereocenters. The zero-order valence-corrected chi connectivity index (χ0v) is 38.9. The molecule has 370 valence electrons. The third kappa shape index (κ3) is 24.5. The van der Waals surface area contributed by atoms with Gasteiger partial charge in [-0.25, -0.2) is 0 Å². The molecule has 0 spiro atoms. The predicted octanol–water partition coefficient (Wildman–Crippen LogP) is 5.59. The first-order chi connectivity index (χ1) is 31.6. The van der Waals surface area contributed by atoms with Crippen molar-refractivity contribution >= 4 is 5.91 Å². The minimum Gasteiger partial charge on any atom is -0.394 e. The normalized spacial score (nSPS) is 27.9. The molecule has 2 aliphatic rings. The SMILES string of the molecule is CC/C=C\C/C=C\C/C=C\C/C=C\C/C=C\C/C=C\C/C=C\CCCC(=O)NC(COC1OC(CO)C(OC2OC(CO)C(O)C(O)C2O)C(O)C1O)C(O)/C=C/CCCCCCCC. The Hall–Kier alpha value is -3.09. The van der Waals surface area contributed by atoms with Crippen LogP contribution in [0.5, 0.6) is 0 Å². The number of ether oxygens (including phenoxy) is 4. The number of aliphatic hydroxyl groups is 8. The van der Waals surface area contributed by atoms with Gasteiger partial charge in [-0.3, -0.25) is 4.79 Å². The lowest BCUT2D eigenvalue weighted by Gasteiger charge is -2.46. The maximum absolute atomic E-state index is 13.1. The van der Waals surface area contributed by atoms with E-state index in [0.29, 0.717) is 12.8 Å². The van der Waals surface area contributed by atoms with E-state index in [1.165, 1.54) is 19.3 Å². The summed E-state index contributed by atoms with van der Waals surface area (Å²) in [4.78, 5) is 13.1. The molecule has 1 amide bonds. The first-order valence-electron chi connectivity index (χ1n) is 24.0. The lowest BCUT2D eigenvalue weighted by atomic mass is 9.97. The van der Waals surface area contributed by atoms with E-state index in [0.717, 1.165) is 70.6 Å². The molecule has 9 N–H and O–H groups in total. The van der Waals surface area contributed by atoms with Gasteiger partial charge in [0.25, 0.3) is 0 Å². The third-order valence-corrected chi connectivity index (χ3v) is 11.0. The molecule has 2 aliphatic heterocycles. The standard InChI is InChI=1S/C51H83NO13/c1-3-5-7-9-11-13-14-15-16-17-18-19-20-21-22-23-24-25-26-27-29-31-33-35-43(56)52-39(40(55)34-32-30-28-12-10-8-6-4-2)38-62-50-48(61)46(59)49(42(37-54)64-50)65-51-47(60)45(58)44(57)41(36-53)63-51/h5,7,11,13,15-16,18-19,21-22,24-25,27,29,32,34,39-42,44-51,53-55,57-61H,3-4,6,8-10,12,14,17,20,23,26,28,30-31,33,35-38H2,1-2H3,(H,52,56)/b7-5-,13-11-,16-15-,19-18-,22-21-,25-24-,29-27-,34-32+. The highest BCUT2D eigenvalue weighted by Gasteiger charge is 2.50. The largest absolute Gasteiger partial charge is 0.394 e. The Morgan fingerprint density at radius 2 is 1.06 bits per heavy atom. The Morgan fingerprint density at radius 1 is 0.569 bits per heavy atom. The van der Waals surface area contributed by atoms with E-state index in [2.05, 4.69) is 98.2 Å². The van der Waals surface area contributed by atoms with Crippen LogP contribution in [-0.4, -0.2) is 140 Å². The minimum atomic E-state index is -1.80. The summed E-state index contributed by atoms with van der Waals surface area (Å²) in [6, 6.07) is -0.949. The Bertz CT molecular complexity index is 1460. The minimum absolute atomic E-state index is 0.194. The van der Waals surface area contributed by atoms with Gasteiger partial charge in [0, 0.05) is 6.42 Å². The summed E-state index contributed by atoms with van der Waals surface area (Å²) in [5.41, 5.74) is 0. The average Bonchev–Trinajstić information content (AvgIpc) is 3.30. The summed E-state index contributed by atoms with van der Waals surface area (Å²) in [6.07, 6.45) is 31.9. The second-order valence-corrected chi connectivity index (χ2v) is 16.5. The van der Waals surface area contributed by atoms with Crippen molar-refractivity contribution in [1.29, 1.82) is 0 Å². The van der Waals surface area contributed by atoms with Gasteiger partial charge < -0.3 is 65.1 Å². The summed E-state index contributed by atoms with van der Waals surface area (Å²) in [6.45, 7) is 2.54. The molecule has 14 heteroatoms. The smallest absolute Gasteiger partial charge is 0.220 e. The number of carbonyl (C=O) groups is 1. The van der Waals surface area contributed by atoms with Gasteiger partial charge >= 0.3 is 0 Å². The predicted molar refractivity (Wildman–Crippen MR) is 253 cm³/mol. The Kier molecular flexibility index (Phi) is 33.0. The molecule has 2 rings (SSSR count). The van der Waals surface area contributed by atoms with Gasteiger partial charge in [0.05, 0.1) is 32.0 Å². The van der Waals surface area contributed by atoms with Crippen LogP contribution < -0.4 is 5.32 Å². The molecular weight excluding hydrogens is 835 g/mol. The molecule has 0 aliphatic carbocycles. The molecule has 2 fully saturated rings. The maximum atomic E-state index is 13.1. The van der Waals surface area contributed by atoms with Crippen molar-refractivity contribution in [2.45, 2.75) is 197 Å². The molecule has 0 aromatic heterocycles. The summed E-state index contributed by atoms with van der Waals surface area (Å²) in [7, 11) is 0. The van der Waals surface area contributed by atoms with E-state index in [1.807, 2.05) is 12.2 Å². The number of rotatable bonds is 34. The first-order valence-corrected chi connectivity index (χ1v) is 24.0. The summed E-state index contributed by atoms with van der Waals surface area (Å²) < 4.78 is 22.6. The van der Waals surface area contributed by atoms with Gasteiger partial charge in [-0.05, 0) is 70.6 Å². The fourth-order valence-electron chi connectivity index (χ4n) is 7.10. The Morgan fingerprint density at radius 3 is 1.62 bits per heavy atom. The molecule has 0 radical (unpaired) electrons. The maximum Gasteiger partial charge on any atom is 0.220 e. The van der Waals surface area contributed by atoms with E-state index in [9.17, 15) is 45.6 Å². The molecule has 2 saturated heterocycles. The van der Waals surface area contributed by atoms with Gasteiger partial charge in [0.2, 0.25) is 5.91 Å². The highest BCUT2D eigenvalue weighted by atomic mass is 16.7. The molecular formula is C51H83NO13. The van der Waals surface area contributed by atoms with Crippen molar-refractivity contribution in [3.05, 3.63) is 97.2 Å². The van der Waals surface area contributed by atoms with Crippen molar-refractivity contribution in [1.82, 2.24) is 5.32 Å². The quantitative estimate of drug-likeness (QED) is 0.0284. The molecule has 12 unspecified atom stereocenters. The van der Waals surface area contributed by atoms with Gasteiger partial charge in [-0.1, -0.05) is 143 Å². The Balaban J connectivity index is 1.83. The van der Waals surface area contributed by atoms with Crippen molar-refractivity contribution in [3.63, 3.8) is 0 Å². The van der Waals surface area contributed by atoms with Crippen LogP contribution >= 0.6 is 0 Å². The number of aliphatic hydroxyl groups excluding tert-OH is 8. The van der Waals surface area contributed by atoms with E-state index >= 15 is 0 Å². The van der Waals surface area contributed by atoms with Crippen LogP contribution in [0.3, 0.4) is 0 Å². The van der Waals surface area contributed by atoms with Crippen molar-refractivity contribution < 1.29 is 64.6 Å². The lowest BCUT2D eigenvalue weighted by Crippen LogP contribution is -2.65. The topological polar surface area (TPSA) is 228 Å². The van der Waals surface area contributed by atoms with Crippen LogP contribution in [0.1, 0.15) is 123 Å². The molecule has 0 saturated carbocycles. The summed E-state index contributed by atoms with van der Waals surface area (Å²) in [5.74, 6) is -0.307. The number of amides is 1. The molecule has 65 heavy (non-hydrogen) atoms. The fourth-order valence-corrected chi connectivity index (χ4v) is 7.10. The van der Waals surface area contributed by atoms with Crippen LogP contribution in [-0.2, 0) is 23.7 Å². The number of carbonyl (C=O) groups excluding carboxylic acids is 1. The average molecular weight is 918 g/mol. The highest BCUT2D eigenvalue weighted by Crippen LogP contribution is 2.30. The first kappa shape index (κ1) is 58.0. The second-order valence-electron chi connectivity index (χ2n) is 16.5. The number of hydrogen-bond donors (Lipinski definition) is 9. The van der Waals surface area contributed by atoms with E-state index in [1.54, 1.807) is 6.08 Å². The zero-order valence-electron chi connectivity index (χ0n) is 38.9.